The number of benzene rings is 3. The highest BCUT2D eigenvalue weighted by Gasteiger charge is 2.15. The third-order valence-corrected chi connectivity index (χ3v) is 4.95. The Morgan fingerprint density at radius 1 is 0.828 bits per heavy atom. The van der Waals surface area contributed by atoms with Crippen LogP contribution in [-0.2, 0) is 4.74 Å². The van der Waals surface area contributed by atoms with Crippen LogP contribution < -0.4 is 0 Å². The lowest BCUT2D eigenvalue weighted by molar-refractivity contribution is 0.0502. The number of esters is 1. The molecule has 0 aliphatic heterocycles. The van der Waals surface area contributed by atoms with E-state index in [4.69, 9.17) is 9.72 Å². The van der Waals surface area contributed by atoms with Gasteiger partial charge >= 0.3 is 5.97 Å². The van der Waals surface area contributed by atoms with Crippen molar-refractivity contribution in [3.8, 4) is 22.4 Å². The van der Waals surface area contributed by atoms with Gasteiger partial charge in [0.25, 0.3) is 0 Å². The number of carbonyl (C=O) groups excluding carboxylic acids is 1. The van der Waals surface area contributed by atoms with Crippen LogP contribution in [0.25, 0.3) is 33.3 Å². The van der Waals surface area contributed by atoms with Crippen molar-refractivity contribution in [1.82, 2.24) is 4.98 Å². The van der Waals surface area contributed by atoms with Crippen LogP contribution in [-0.4, -0.2) is 17.6 Å². The van der Waals surface area contributed by atoms with Crippen LogP contribution in [0.1, 0.15) is 30.1 Å². The van der Waals surface area contributed by atoms with Crippen LogP contribution in [0.2, 0.25) is 0 Å². The van der Waals surface area contributed by atoms with Gasteiger partial charge in [-0.15, -0.1) is 0 Å². The molecule has 0 aliphatic carbocycles. The van der Waals surface area contributed by atoms with E-state index >= 15 is 0 Å². The number of carbonyl (C=O) groups is 1. The van der Waals surface area contributed by atoms with Gasteiger partial charge in [0.05, 0.1) is 23.4 Å². The molecule has 1 aromatic heterocycles. The monoisotopic (exact) mass is 381 g/mol. The summed E-state index contributed by atoms with van der Waals surface area (Å²) in [5.74, 6) is -0.292. The Balaban J connectivity index is 1.71. The van der Waals surface area contributed by atoms with Gasteiger partial charge in [0, 0.05) is 10.9 Å². The number of hydrogen-bond acceptors (Lipinski definition) is 3. The maximum Gasteiger partial charge on any atom is 0.338 e. The summed E-state index contributed by atoms with van der Waals surface area (Å²) in [6, 6.07) is 28.1. The average Bonchev–Trinajstić information content (AvgIpc) is 2.79. The van der Waals surface area contributed by atoms with Crippen LogP contribution in [0.15, 0.2) is 84.9 Å². The SMILES string of the molecule is CCCCOC(=O)c1cc(-c2ccc(-c3ccccc3)cc2)nc2ccccc12. The van der Waals surface area contributed by atoms with Gasteiger partial charge in [0.1, 0.15) is 0 Å². The summed E-state index contributed by atoms with van der Waals surface area (Å²) >= 11 is 0. The average molecular weight is 381 g/mol. The van der Waals surface area contributed by atoms with Crippen molar-refractivity contribution in [2.75, 3.05) is 6.61 Å². The lowest BCUT2D eigenvalue weighted by Crippen LogP contribution is -2.08. The van der Waals surface area contributed by atoms with E-state index in [9.17, 15) is 4.79 Å². The molecule has 0 amide bonds. The zero-order valence-corrected chi connectivity index (χ0v) is 16.5. The Bertz CT molecular complexity index is 1120. The molecule has 0 fully saturated rings. The van der Waals surface area contributed by atoms with Gasteiger partial charge in [-0.1, -0.05) is 86.1 Å². The minimum absolute atomic E-state index is 0.292. The largest absolute Gasteiger partial charge is 0.462 e. The minimum atomic E-state index is -0.292. The zero-order valence-electron chi connectivity index (χ0n) is 16.5. The number of rotatable bonds is 6. The van der Waals surface area contributed by atoms with Crippen molar-refractivity contribution < 1.29 is 9.53 Å². The first-order valence-electron chi connectivity index (χ1n) is 9.99. The first-order valence-corrected chi connectivity index (χ1v) is 9.99. The molecule has 0 unspecified atom stereocenters. The molecule has 3 aromatic carbocycles. The zero-order chi connectivity index (χ0) is 20.1. The number of pyridine rings is 1. The van der Waals surface area contributed by atoms with Crippen LogP contribution in [0.3, 0.4) is 0 Å². The summed E-state index contributed by atoms with van der Waals surface area (Å²) in [4.78, 5) is 17.5. The first-order chi connectivity index (χ1) is 14.3. The number of para-hydroxylation sites is 1. The van der Waals surface area contributed by atoms with Gasteiger partial charge in [-0.2, -0.15) is 0 Å². The van der Waals surface area contributed by atoms with E-state index in [2.05, 4.69) is 31.2 Å². The van der Waals surface area contributed by atoms with E-state index in [0.29, 0.717) is 12.2 Å². The Kier molecular flexibility index (Phi) is 5.66. The van der Waals surface area contributed by atoms with Gasteiger partial charge in [-0.3, -0.25) is 0 Å². The molecule has 0 radical (unpaired) electrons. The molecule has 3 heteroatoms. The highest BCUT2D eigenvalue weighted by atomic mass is 16.5. The summed E-state index contributed by atoms with van der Waals surface area (Å²) in [7, 11) is 0. The lowest BCUT2D eigenvalue weighted by Gasteiger charge is -2.10. The molecule has 0 N–H and O–H groups in total. The summed E-state index contributed by atoms with van der Waals surface area (Å²) in [6.45, 7) is 2.51. The molecule has 4 rings (SSSR count). The van der Waals surface area contributed by atoms with E-state index in [-0.39, 0.29) is 5.97 Å². The van der Waals surface area contributed by atoms with E-state index < -0.39 is 0 Å². The second kappa shape index (κ2) is 8.70. The molecule has 0 spiro atoms. The molecule has 3 nitrogen and oxygen atoms in total. The van der Waals surface area contributed by atoms with Crippen molar-refractivity contribution in [2.45, 2.75) is 19.8 Å². The van der Waals surface area contributed by atoms with Crippen molar-refractivity contribution in [3.63, 3.8) is 0 Å². The third-order valence-electron chi connectivity index (χ3n) is 4.95. The van der Waals surface area contributed by atoms with Crippen molar-refractivity contribution in [3.05, 3.63) is 90.5 Å². The summed E-state index contributed by atoms with van der Waals surface area (Å²) < 4.78 is 5.48. The predicted molar refractivity (Wildman–Crippen MR) is 118 cm³/mol. The van der Waals surface area contributed by atoms with E-state index in [1.54, 1.807) is 0 Å². The summed E-state index contributed by atoms with van der Waals surface area (Å²) in [5.41, 5.74) is 5.41. The van der Waals surface area contributed by atoms with E-state index in [0.717, 1.165) is 40.6 Å². The lowest BCUT2D eigenvalue weighted by atomic mass is 10.0. The van der Waals surface area contributed by atoms with Crippen molar-refractivity contribution >= 4 is 16.9 Å². The predicted octanol–water partition coefficient (Wildman–Crippen LogP) is 6.53. The second-order valence-electron chi connectivity index (χ2n) is 7.01. The molecule has 0 aliphatic rings. The molecular weight excluding hydrogens is 358 g/mol. The molecule has 0 atom stereocenters. The topological polar surface area (TPSA) is 39.2 Å². The Labute approximate surface area is 171 Å². The molecule has 0 saturated heterocycles. The van der Waals surface area contributed by atoms with Gasteiger partial charge < -0.3 is 4.74 Å². The summed E-state index contributed by atoms with van der Waals surface area (Å²) in [6.07, 6.45) is 1.85. The maximum atomic E-state index is 12.7. The minimum Gasteiger partial charge on any atom is -0.462 e. The molecule has 4 aromatic rings. The molecule has 144 valence electrons. The van der Waals surface area contributed by atoms with Crippen LogP contribution in [0.5, 0.6) is 0 Å². The third kappa shape index (κ3) is 4.19. The normalized spacial score (nSPS) is 10.8. The highest BCUT2D eigenvalue weighted by Crippen LogP contribution is 2.28. The van der Waals surface area contributed by atoms with Crippen LogP contribution >= 0.6 is 0 Å². The van der Waals surface area contributed by atoms with Crippen molar-refractivity contribution in [1.29, 1.82) is 0 Å². The molecule has 0 saturated carbocycles. The number of fused-ring (bicyclic) bond motifs is 1. The van der Waals surface area contributed by atoms with Crippen LogP contribution in [0.4, 0.5) is 0 Å². The number of unbranched alkanes of at least 4 members (excludes halogenated alkanes) is 1. The second-order valence-corrected chi connectivity index (χ2v) is 7.01. The van der Waals surface area contributed by atoms with E-state index in [1.807, 2.05) is 60.7 Å². The van der Waals surface area contributed by atoms with Gasteiger partial charge in [0.15, 0.2) is 0 Å². The quantitative estimate of drug-likeness (QED) is 0.282. The number of hydrogen-bond donors (Lipinski definition) is 0. The van der Waals surface area contributed by atoms with Gasteiger partial charge in [0.2, 0.25) is 0 Å². The Morgan fingerprint density at radius 2 is 1.48 bits per heavy atom. The molecule has 29 heavy (non-hydrogen) atoms. The maximum absolute atomic E-state index is 12.7. The fourth-order valence-corrected chi connectivity index (χ4v) is 3.34. The Hall–Kier alpha value is -3.46. The number of ether oxygens (including phenoxy) is 1. The fourth-order valence-electron chi connectivity index (χ4n) is 3.34. The summed E-state index contributed by atoms with van der Waals surface area (Å²) in [5, 5.41) is 0.818. The molecular formula is C26H23NO2. The van der Waals surface area contributed by atoms with Crippen molar-refractivity contribution in [2.24, 2.45) is 0 Å². The smallest absolute Gasteiger partial charge is 0.338 e. The molecule has 1 heterocycles. The van der Waals surface area contributed by atoms with Gasteiger partial charge in [-0.25, -0.2) is 9.78 Å². The highest BCUT2D eigenvalue weighted by molar-refractivity contribution is 6.04. The van der Waals surface area contributed by atoms with E-state index in [1.165, 1.54) is 5.56 Å². The molecule has 0 bridgehead atoms. The van der Waals surface area contributed by atoms with Gasteiger partial charge in [-0.05, 0) is 29.7 Å². The standard InChI is InChI=1S/C26H23NO2/c1-2-3-17-29-26(28)23-18-25(27-24-12-8-7-11-22(23)24)21-15-13-20(14-16-21)19-9-5-4-6-10-19/h4-16,18H,2-3,17H2,1H3. The van der Waals surface area contributed by atoms with Crippen LogP contribution in [0, 0.1) is 0 Å². The number of aromatic nitrogens is 1. The Morgan fingerprint density at radius 3 is 2.24 bits per heavy atom. The fraction of sp³-hybridized carbons (Fsp3) is 0.154. The first kappa shape index (κ1) is 18.9. The number of nitrogens with zero attached hydrogens (tertiary/aromatic N) is 1.